The Morgan fingerprint density at radius 1 is 1.45 bits per heavy atom. The van der Waals surface area contributed by atoms with E-state index in [1.165, 1.54) is 18.0 Å². The molecule has 8 heteroatoms. The summed E-state index contributed by atoms with van der Waals surface area (Å²) in [5.74, 6) is 0.877. The summed E-state index contributed by atoms with van der Waals surface area (Å²) >= 11 is 1.51. The summed E-state index contributed by atoms with van der Waals surface area (Å²) < 4.78 is 25.4. The molecule has 2 heterocycles. The number of aromatic nitrogens is 2. The van der Waals surface area contributed by atoms with Crippen molar-refractivity contribution in [2.24, 2.45) is 0 Å². The van der Waals surface area contributed by atoms with E-state index in [1.807, 2.05) is 19.2 Å². The molecule has 0 aromatic carbocycles. The molecular weight excluding hydrogens is 296 g/mol. The van der Waals surface area contributed by atoms with E-state index >= 15 is 0 Å². The van der Waals surface area contributed by atoms with Gasteiger partial charge >= 0.3 is 0 Å². The first-order valence-corrected chi connectivity index (χ1v) is 9.61. The van der Waals surface area contributed by atoms with Crippen molar-refractivity contribution in [3.05, 3.63) is 11.8 Å². The Kier molecular flexibility index (Phi) is 4.87. The van der Waals surface area contributed by atoms with Crippen LogP contribution in [0.5, 0.6) is 0 Å². The number of hydrogen-bond acceptors (Lipinski definition) is 6. The third kappa shape index (κ3) is 4.32. The Hall–Kier alpha value is -0.860. The number of thioether (sulfide) groups is 1. The summed E-state index contributed by atoms with van der Waals surface area (Å²) in [6, 6.07) is 1.90. The molecule has 1 aromatic heterocycles. The van der Waals surface area contributed by atoms with Gasteiger partial charge in [0.05, 0.1) is 6.26 Å². The van der Waals surface area contributed by atoms with Crippen LogP contribution in [0.3, 0.4) is 0 Å². The topological polar surface area (TPSA) is 75.2 Å². The second kappa shape index (κ2) is 6.28. The zero-order valence-electron chi connectivity index (χ0n) is 12.0. The van der Waals surface area contributed by atoms with Gasteiger partial charge in [-0.25, -0.2) is 23.1 Å². The average Bonchev–Trinajstić information content (AvgIpc) is 2.36. The molecule has 1 aromatic rings. The van der Waals surface area contributed by atoms with Gasteiger partial charge < -0.3 is 4.90 Å². The zero-order chi connectivity index (χ0) is 14.8. The van der Waals surface area contributed by atoms with Crippen LogP contribution < -0.4 is 9.62 Å². The highest BCUT2D eigenvalue weighted by molar-refractivity contribution is 7.98. The minimum absolute atomic E-state index is 0.0493. The molecule has 1 aliphatic rings. The van der Waals surface area contributed by atoms with Crippen LogP contribution in [0.4, 0.5) is 5.82 Å². The Balaban J connectivity index is 2.14. The van der Waals surface area contributed by atoms with Gasteiger partial charge in [0, 0.05) is 30.9 Å². The van der Waals surface area contributed by atoms with E-state index in [0.717, 1.165) is 36.1 Å². The molecule has 1 unspecified atom stereocenters. The molecule has 0 aliphatic carbocycles. The molecule has 112 valence electrons. The Bertz CT molecular complexity index is 577. The van der Waals surface area contributed by atoms with E-state index < -0.39 is 10.0 Å². The predicted molar refractivity (Wildman–Crippen MR) is 81.8 cm³/mol. The zero-order valence-corrected chi connectivity index (χ0v) is 13.6. The minimum atomic E-state index is -3.16. The summed E-state index contributed by atoms with van der Waals surface area (Å²) in [5, 5.41) is 0.748. The molecule has 1 N–H and O–H groups in total. The van der Waals surface area contributed by atoms with Crippen molar-refractivity contribution >= 4 is 27.6 Å². The second-order valence-electron chi connectivity index (χ2n) is 5.03. The van der Waals surface area contributed by atoms with Crippen LogP contribution in [0.25, 0.3) is 0 Å². The van der Waals surface area contributed by atoms with E-state index in [9.17, 15) is 8.42 Å². The first kappa shape index (κ1) is 15.5. The van der Waals surface area contributed by atoms with Crippen LogP contribution in [-0.4, -0.2) is 50.0 Å². The Morgan fingerprint density at radius 2 is 2.20 bits per heavy atom. The average molecular weight is 316 g/mol. The van der Waals surface area contributed by atoms with Gasteiger partial charge in [0.2, 0.25) is 10.0 Å². The fraction of sp³-hybridized carbons (Fsp3) is 0.667. The van der Waals surface area contributed by atoms with Crippen LogP contribution in [-0.2, 0) is 10.0 Å². The number of aryl methyl sites for hydroxylation is 1. The Labute approximate surface area is 124 Å². The molecule has 1 fully saturated rings. The smallest absolute Gasteiger partial charge is 0.209 e. The van der Waals surface area contributed by atoms with Crippen molar-refractivity contribution in [1.82, 2.24) is 14.7 Å². The van der Waals surface area contributed by atoms with Crippen molar-refractivity contribution in [2.75, 3.05) is 30.5 Å². The van der Waals surface area contributed by atoms with E-state index in [-0.39, 0.29) is 6.04 Å². The monoisotopic (exact) mass is 316 g/mol. The van der Waals surface area contributed by atoms with Crippen molar-refractivity contribution in [3.8, 4) is 0 Å². The van der Waals surface area contributed by atoms with Crippen LogP contribution in [0.15, 0.2) is 11.2 Å². The van der Waals surface area contributed by atoms with Gasteiger partial charge in [0.1, 0.15) is 5.82 Å². The summed E-state index contributed by atoms with van der Waals surface area (Å²) in [6.45, 7) is 3.49. The van der Waals surface area contributed by atoms with E-state index in [0.29, 0.717) is 6.54 Å². The fourth-order valence-electron chi connectivity index (χ4n) is 2.36. The number of rotatable bonds is 4. The molecule has 0 spiro atoms. The highest BCUT2D eigenvalue weighted by Gasteiger charge is 2.23. The number of nitrogens with one attached hydrogen (secondary N) is 1. The van der Waals surface area contributed by atoms with Crippen LogP contribution >= 0.6 is 11.8 Å². The molecule has 0 saturated carbocycles. The van der Waals surface area contributed by atoms with E-state index in [4.69, 9.17) is 0 Å². The SMILES string of the molecule is CSc1nc(C)cc(N2CCCC(NS(C)(=O)=O)C2)n1. The number of hydrogen-bond donors (Lipinski definition) is 1. The number of piperidine rings is 1. The van der Waals surface area contributed by atoms with Gasteiger partial charge in [0.25, 0.3) is 0 Å². The lowest BCUT2D eigenvalue weighted by atomic mass is 10.1. The highest BCUT2D eigenvalue weighted by Crippen LogP contribution is 2.21. The van der Waals surface area contributed by atoms with Gasteiger partial charge in [-0.1, -0.05) is 11.8 Å². The van der Waals surface area contributed by atoms with Crippen molar-refractivity contribution in [2.45, 2.75) is 31.0 Å². The van der Waals surface area contributed by atoms with Crippen molar-refractivity contribution in [1.29, 1.82) is 0 Å². The fourth-order valence-corrected chi connectivity index (χ4v) is 3.58. The van der Waals surface area contributed by atoms with Gasteiger partial charge in [-0.2, -0.15) is 0 Å². The van der Waals surface area contributed by atoms with E-state index in [1.54, 1.807) is 0 Å². The third-order valence-electron chi connectivity index (χ3n) is 3.13. The maximum absolute atomic E-state index is 11.3. The van der Waals surface area contributed by atoms with Gasteiger partial charge in [-0.05, 0) is 26.0 Å². The molecule has 2 rings (SSSR count). The molecule has 1 atom stereocenters. The maximum Gasteiger partial charge on any atom is 0.209 e. The molecular formula is C12H20N4O2S2. The van der Waals surface area contributed by atoms with Crippen molar-refractivity contribution < 1.29 is 8.42 Å². The molecule has 0 radical (unpaired) electrons. The van der Waals surface area contributed by atoms with E-state index in [2.05, 4.69) is 19.6 Å². The molecule has 6 nitrogen and oxygen atoms in total. The molecule has 1 saturated heterocycles. The molecule has 20 heavy (non-hydrogen) atoms. The second-order valence-corrected chi connectivity index (χ2v) is 7.58. The number of nitrogens with zero attached hydrogens (tertiary/aromatic N) is 3. The lowest BCUT2D eigenvalue weighted by Gasteiger charge is -2.33. The maximum atomic E-state index is 11.3. The van der Waals surface area contributed by atoms with Gasteiger partial charge in [-0.3, -0.25) is 0 Å². The molecule has 1 aliphatic heterocycles. The quantitative estimate of drug-likeness (QED) is 0.660. The third-order valence-corrected chi connectivity index (χ3v) is 4.44. The summed E-state index contributed by atoms with van der Waals surface area (Å²) in [7, 11) is -3.16. The van der Waals surface area contributed by atoms with Crippen LogP contribution in [0.1, 0.15) is 18.5 Å². The molecule has 0 amide bonds. The Morgan fingerprint density at radius 3 is 2.85 bits per heavy atom. The summed E-state index contributed by atoms with van der Waals surface area (Å²) in [4.78, 5) is 11.0. The van der Waals surface area contributed by atoms with Gasteiger partial charge in [0.15, 0.2) is 5.16 Å². The lowest BCUT2D eigenvalue weighted by Crippen LogP contribution is -2.47. The predicted octanol–water partition coefficient (Wildman–Crippen LogP) is 1.02. The first-order chi connectivity index (χ1) is 9.37. The van der Waals surface area contributed by atoms with Crippen molar-refractivity contribution in [3.63, 3.8) is 0 Å². The van der Waals surface area contributed by atoms with Gasteiger partial charge in [-0.15, -0.1) is 0 Å². The summed E-state index contributed by atoms with van der Waals surface area (Å²) in [6.07, 6.45) is 4.96. The molecule has 0 bridgehead atoms. The first-order valence-electron chi connectivity index (χ1n) is 6.49. The number of sulfonamides is 1. The van der Waals surface area contributed by atoms with Crippen LogP contribution in [0, 0.1) is 6.92 Å². The summed E-state index contributed by atoms with van der Waals surface area (Å²) in [5.41, 5.74) is 0.928. The highest BCUT2D eigenvalue weighted by atomic mass is 32.2. The minimum Gasteiger partial charge on any atom is -0.355 e. The normalized spacial score (nSPS) is 20.1. The standard InChI is InChI=1S/C12H20N4O2S2/c1-9-7-11(14-12(13-9)19-2)16-6-4-5-10(8-16)15-20(3,17)18/h7,10,15H,4-6,8H2,1-3H3. The number of anilines is 1. The van der Waals surface area contributed by atoms with Crippen LogP contribution in [0.2, 0.25) is 0 Å². The lowest BCUT2D eigenvalue weighted by molar-refractivity contribution is 0.464. The largest absolute Gasteiger partial charge is 0.355 e.